The molecule has 5 atom stereocenters. The minimum Gasteiger partial charge on any atom is -0.487 e. The van der Waals surface area contributed by atoms with Crippen LogP contribution >= 0.6 is 11.6 Å². The number of nitrogens with zero attached hydrogens (tertiary/aromatic N) is 1. The third-order valence-corrected chi connectivity index (χ3v) is 13.2. The molecule has 1 aliphatic carbocycles. The van der Waals surface area contributed by atoms with Crippen LogP contribution in [0.3, 0.4) is 0 Å². The molecule has 1 amide bonds. The highest BCUT2D eigenvalue weighted by molar-refractivity contribution is 7.90. The Morgan fingerprint density at radius 2 is 1.74 bits per heavy atom. The summed E-state index contributed by atoms with van der Waals surface area (Å²) in [4.78, 5) is 15.8. The van der Waals surface area contributed by atoms with Crippen LogP contribution in [0.1, 0.15) is 80.3 Å². The predicted molar refractivity (Wildman–Crippen MR) is 182 cm³/mol. The van der Waals surface area contributed by atoms with Crippen molar-refractivity contribution in [3.63, 3.8) is 0 Å². The van der Waals surface area contributed by atoms with Gasteiger partial charge in [-0.1, -0.05) is 31.0 Å². The van der Waals surface area contributed by atoms with Gasteiger partial charge >= 0.3 is 0 Å². The zero-order chi connectivity index (χ0) is 33.1. The SMILES string of the molecule is COC1COC([C@@H]2CCC[C@H](C)[C@@H](C)S(=O)(=O)NC(=O)c3ccc4c(c3)N(CCCCc3cc(Cl)ccc3CO4)C[C@@H]3CC[C@H]32)OC1. The molecule has 2 aromatic rings. The van der Waals surface area contributed by atoms with Crippen molar-refractivity contribution in [1.29, 1.82) is 0 Å². The summed E-state index contributed by atoms with van der Waals surface area (Å²) in [5, 5.41) is -0.0131. The number of anilines is 1. The van der Waals surface area contributed by atoms with Crippen molar-refractivity contribution in [3.8, 4) is 5.75 Å². The smallest absolute Gasteiger partial charge is 0.264 e. The first-order chi connectivity index (χ1) is 22.6. The molecule has 0 radical (unpaired) electrons. The first-order valence-electron chi connectivity index (χ1n) is 17.2. The van der Waals surface area contributed by atoms with Crippen molar-refractivity contribution in [3.05, 3.63) is 58.1 Å². The van der Waals surface area contributed by atoms with Crippen LogP contribution < -0.4 is 14.4 Å². The molecule has 3 heterocycles. The van der Waals surface area contributed by atoms with Crippen LogP contribution in [0.5, 0.6) is 5.75 Å². The Hall–Kier alpha value is -2.37. The zero-order valence-corrected chi connectivity index (χ0v) is 29.4. The van der Waals surface area contributed by atoms with Gasteiger partial charge < -0.3 is 23.8 Å². The summed E-state index contributed by atoms with van der Waals surface area (Å²) < 4.78 is 53.7. The van der Waals surface area contributed by atoms with Crippen LogP contribution in [0, 0.1) is 23.7 Å². The maximum atomic E-state index is 13.5. The van der Waals surface area contributed by atoms with Crippen LogP contribution in [0.2, 0.25) is 5.02 Å². The molecule has 0 aromatic heterocycles. The molecule has 11 heteroatoms. The monoisotopic (exact) mass is 688 g/mol. The predicted octanol–water partition coefficient (Wildman–Crippen LogP) is 6.36. The Morgan fingerprint density at radius 3 is 2.49 bits per heavy atom. The highest BCUT2D eigenvalue weighted by atomic mass is 35.5. The lowest BCUT2D eigenvalue weighted by Gasteiger charge is -2.48. The maximum Gasteiger partial charge on any atom is 0.264 e. The zero-order valence-electron chi connectivity index (χ0n) is 27.8. The van der Waals surface area contributed by atoms with Crippen LogP contribution in [0.4, 0.5) is 5.69 Å². The molecule has 258 valence electrons. The minimum absolute atomic E-state index is 0.0677. The fourth-order valence-electron chi connectivity index (χ4n) is 7.68. The van der Waals surface area contributed by atoms with E-state index in [1.165, 1.54) is 5.56 Å². The lowest BCUT2D eigenvalue weighted by atomic mass is 9.65. The Kier molecular flexibility index (Phi) is 11.0. The van der Waals surface area contributed by atoms with E-state index >= 15 is 0 Å². The van der Waals surface area contributed by atoms with E-state index in [0.717, 1.165) is 75.7 Å². The maximum absolute atomic E-state index is 13.5. The Balaban J connectivity index is 1.35. The van der Waals surface area contributed by atoms with Crippen molar-refractivity contribution in [2.75, 3.05) is 38.3 Å². The molecule has 0 spiro atoms. The molecule has 2 aromatic carbocycles. The second-order valence-electron chi connectivity index (χ2n) is 13.9. The molecular formula is C36H49ClN2O7S. The quantitative estimate of drug-likeness (QED) is 0.389. The number of aryl methyl sites for hydroxylation is 1. The number of rotatable bonds is 2. The molecule has 4 aliphatic rings. The van der Waals surface area contributed by atoms with Gasteiger partial charge in [0.1, 0.15) is 18.5 Å². The number of ether oxygens (including phenoxy) is 4. The standard InChI is InChI=1S/C36H49ClN2O7S/c1-23-7-6-9-32(36-45-21-30(43-3)22-46-36)31-14-11-27(31)19-39-16-5-4-8-25-17-29(37)13-10-28(25)20-44-34-15-12-26(18-33(34)39)35(40)38-47(41,42)24(23)2/h10,12-13,15,17-18,23-24,27,30-32,36H,4-9,11,14,16,19-22H2,1-3H3,(H,38,40)/t23-,24+,27-,30?,31+,32+,36?/m0/s1. The lowest BCUT2D eigenvalue weighted by molar-refractivity contribution is -0.255. The van der Waals surface area contributed by atoms with Crippen molar-refractivity contribution >= 4 is 33.2 Å². The highest BCUT2D eigenvalue weighted by Crippen LogP contribution is 2.46. The fraction of sp³-hybridized carbons (Fsp3) is 0.639. The number of hydrogen-bond donors (Lipinski definition) is 1. The van der Waals surface area contributed by atoms with E-state index in [4.69, 9.17) is 30.5 Å². The van der Waals surface area contributed by atoms with Gasteiger partial charge in [-0.25, -0.2) is 13.1 Å². The minimum atomic E-state index is -3.91. The van der Waals surface area contributed by atoms with Gasteiger partial charge in [-0.05, 0) is 111 Å². The van der Waals surface area contributed by atoms with Crippen LogP contribution in [0.25, 0.3) is 0 Å². The third kappa shape index (κ3) is 7.93. The van der Waals surface area contributed by atoms with Crippen molar-refractivity contribution < 1.29 is 32.2 Å². The number of hydrogen-bond acceptors (Lipinski definition) is 8. The van der Waals surface area contributed by atoms with Crippen LogP contribution in [-0.2, 0) is 37.3 Å². The van der Waals surface area contributed by atoms with Crippen LogP contribution in [0.15, 0.2) is 36.4 Å². The number of carbonyl (C=O) groups is 1. The third-order valence-electron chi connectivity index (χ3n) is 11.0. The van der Waals surface area contributed by atoms with Gasteiger partial charge in [-0.2, -0.15) is 0 Å². The van der Waals surface area contributed by atoms with E-state index in [9.17, 15) is 13.2 Å². The summed E-state index contributed by atoms with van der Waals surface area (Å²) in [6, 6.07) is 11.2. The summed E-state index contributed by atoms with van der Waals surface area (Å²) in [6.07, 6.45) is 7.13. The normalized spacial score (nSPS) is 32.0. The van der Waals surface area contributed by atoms with E-state index in [2.05, 4.69) is 9.62 Å². The number of methoxy groups -OCH3 is 1. The van der Waals surface area contributed by atoms with Crippen molar-refractivity contribution in [2.45, 2.75) is 89.5 Å². The second kappa shape index (κ2) is 15.0. The van der Waals surface area contributed by atoms with Gasteiger partial charge in [0.25, 0.3) is 5.91 Å². The number of halogens is 1. The molecule has 2 bridgehead atoms. The number of nitrogens with one attached hydrogen (secondary N) is 1. The average molecular weight is 689 g/mol. The molecular weight excluding hydrogens is 640 g/mol. The molecule has 9 nitrogen and oxygen atoms in total. The molecule has 1 saturated carbocycles. The lowest BCUT2D eigenvalue weighted by Crippen LogP contribution is -2.49. The number of benzene rings is 2. The average Bonchev–Trinajstić information content (AvgIpc) is 3.08. The van der Waals surface area contributed by atoms with Crippen LogP contribution in [-0.4, -0.2) is 65.4 Å². The van der Waals surface area contributed by atoms with E-state index < -0.39 is 21.2 Å². The number of amides is 1. The molecule has 0 unspecified atom stereocenters. The van der Waals surface area contributed by atoms with E-state index in [1.54, 1.807) is 20.1 Å². The van der Waals surface area contributed by atoms with Gasteiger partial charge in [0.2, 0.25) is 10.0 Å². The summed E-state index contributed by atoms with van der Waals surface area (Å²) in [6.45, 7) is 6.62. The molecule has 3 aliphatic heterocycles. The first-order valence-corrected chi connectivity index (χ1v) is 19.2. The Morgan fingerprint density at radius 1 is 0.936 bits per heavy atom. The van der Waals surface area contributed by atoms with Gasteiger partial charge in [-0.3, -0.25) is 4.79 Å². The molecule has 1 N–H and O–H groups in total. The van der Waals surface area contributed by atoms with Gasteiger partial charge in [0, 0.05) is 36.7 Å². The Labute approximate surface area is 284 Å². The number of fused-ring (bicyclic) bond motifs is 3. The molecule has 47 heavy (non-hydrogen) atoms. The molecule has 6 rings (SSSR count). The largest absolute Gasteiger partial charge is 0.487 e. The molecule has 1 saturated heterocycles. The Bertz CT molecular complexity index is 1510. The number of sulfonamides is 1. The summed E-state index contributed by atoms with van der Waals surface area (Å²) in [7, 11) is -2.22. The van der Waals surface area contributed by atoms with Gasteiger partial charge in [0.05, 0.1) is 24.2 Å². The van der Waals surface area contributed by atoms with Gasteiger partial charge in [-0.15, -0.1) is 0 Å². The van der Waals surface area contributed by atoms with E-state index in [-0.39, 0.29) is 24.2 Å². The first kappa shape index (κ1) is 34.5. The fourth-order valence-corrected chi connectivity index (χ4v) is 9.19. The summed E-state index contributed by atoms with van der Waals surface area (Å²) in [5.41, 5.74) is 3.39. The number of carbonyl (C=O) groups excluding carboxylic acids is 1. The van der Waals surface area contributed by atoms with Gasteiger partial charge in [0.15, 0.2) is 6.29 Å². The summed E-state index contributed by atoms with van der Waals surface area (Å²) in [5.74, 6) is 0.949. The van der Waals surface area contributed by atoms with E-state index in [1.807, 2.05) is 37.3 Å². The second-order valence-corrected chi connectivity index (χ2v) is 16.4. The summed E-state index contributed by atoms with van der Waals surface area (Å²) >= 11 is 6.36. The van der Waals surface area contributed by atoms with Crippen molar-refractivity contribution in [1.82, 2.24) is 4.72 Å². The van der Waals surface area contributed by atoms with E-state index in [0.29, 0.717) is 48.0 Å². The van der Waals surface area contributed by atoms with Crippen molar-refractivity contribution in [2.24, 2.45) is 23.7 Å². The topological polar surface area (TPSA) is 103 Å². The highest BCUT2D eigenvalue weighted by Gasteiger charge is 2.43. The molecule has 2 fully saturated rings.